The molecule has 4 aromatic rings. The van der Waals surface area contributed by atoms with Crippen LogP contribution < -0.4 is 4.72 Å². The number of fused-ring (bicyclic) bond motifs is 2. The number of hydrogen-bond acceptors (Lipinski definition) is 4. The third-order valence-corrected chi connectivity index (χ3v) is 7.87. The van der Waals surface area contributed by atoms with E-state index in [-0.39, 0.29) is 5.75 Å². The summed E-state index contributed by atoms with van der Waals surface area (Å²) in [6.07, 6.45) is 6.28. The molecule has 188 valence electrons. The van der Waals surface area contributed by atoms with Gasteiger partial charge < -0.3 is 19.4 Å². The van der Waals surface area contributed by atoms with Crippen LogP contribution in [0.4, 0.5) is 0 Å². The molecule has 0 aliphatic heterocycles. The highest BCUT2D eigenvalue weighted by Crippen LogP contribution is 2.27. The van der Waals surface area contributed by atoms with Crippen molar-refractivity contribution in [3.63, 3.8) is 0 Å². The first-order valence-electron chi connectivity index (χ1n) is 12.1. The normalized spacial score (nSPS) is 12.5. The van der Waals surface area contributed by atoms with Gasteiger partial charge in [0.25, 0.3) is 0 Å². The van der Waals surface area contributed by atoms with Gasteiger partial charge in [0.1, 0.15) is 0 Å². The van der Waals surface area contributed by atoms with E-state index < -0.39 is 10.0 Å². The number of nitrogens with one attached hydrogen (secondary N) is 2. The molecule has 4 rings (SSSR count). The van der Waals surface area contributed by atoms with Crippen molar-refractivity contribution in [2.75, 3.05) is 48.3 Å². The molecule has 2 heterocycles. The number of benzene rings is 2. The zero-order valence-corrected chi connectivity index (χ0v) is 22.2. The molecule has 0 saturated heterocycles. The zero-order valence-electron chi connectivity index (χ0n) is 21.4. The summed E-state index contributed by atoms with van der Waals surface area (Å²) in [4.78, 5) is 7.79. The van der Waals surface area contributed by atoms with Crippen LogP contribution in [0.1, 0.15) is 22.3 Å². The van der Waals surface area contributed by atoms with Gasteiger partial charge in [-0.15, -0.1) is 0 Å². The third-order valence-electron chi connectivity index (χ3n) is 6.54. The van der Waals surface area contributed by atoms with E-state index >= 15 is 0 Å². The Labute approximate surface area is 208 Å². The van der Waals surface area contributed by atoms with Gasteiger partial charge >= 0.3 is 0 Å². The lowest BCUT2D eigenvalue weighted by Crippen LogP contribution is -2.20. The monoisotopic (exact) mass is 495 g/mol. The summed E-state index contributed by atoms with van der Waals surface area (Å²) in [6.45, 7) is 2.71. The first kappa shape index (κ1) is 25.4. The molecule has 7 nitrogen and oxygen atoms in total. The van der Waals surface area contributed by atoms with Crippen LogP contribution in [-0.2, 0) is 35.2 Å². The highest BCUT2D eigenvalue weighted by molar-refractivity contribution is 7.88. The number of nitrogens with zero attached hydrogens (tertiary/aromatic N) is 3. The smallest absolute Gasteiger partial charge is 0.215 e. The van der Waals surface area contributed by atoms with E-state index in [1.165, 1.54) is 34.6 Å². The standard InChI is InChI=1S/C27H37N5O2S/c1-28-35(33,34)19-21-7-9-27-25(15-21)23(11-13-31(4)5)18-32(27)17-20-6-8-26-24(14-20)22(16-29-26)10-12-30(2)3/h6-9,14-16,18,28-29H,10-13,17,19H2,1-5H3. The minimum atomic E-state index is -3.32. The molecule has 2 aromatic carbocycles. The van der Waals surface area contributed by atoms with Crippen LogP contribution in [0, 0.1) is 0 Å². The van der Waals surface area contributed by atoms with Crippen LogP contribution in [0.3, 0.4) is 0 Å². The molecular formula is C27H37N5O2S. The molecule has 0 aliphatic carbocycles. The first-order chi connectivity index (χ1) is 16.6. The largest absolute Gasteiger partial charge is 0.361 e. The second-order valence-electron chi connectivity index (χ2n) is 9.90. The number of aromatic amines is 1. The summed E-state index contributed by atoms with van der Waals surface area (Å²) < 4.78 is 29.0. The summed E-state index contributed by atoms with van der Waals surface area (Å²) in [6, 6.07) is 12.7. The second kappa shape index (κ2) is 10.5. The van der Waals surface area contributed by atoms with Crippen LogP contribution >= 0.6 is 0 Å². The topological polar surface area (TPSA) is 73.4 Å². The molecule has 0 saturated carbocycles. The van der Waals surface area contributed by atoms with Crippen LogP contribution in [0.15, 0.2) is 48.8 Å². The molecular weight excluding hydrogens is 458 g/mol. The van der Waals surface area contributed by atoms with Gasteiger partial charge in [-0.1, -0.05) is 12.1 Å². The van der Waals surface area contributed by atoms with E-state index in [0.29, 0.717) is 0 Å². The number of likely N-dealkylation sites (N-methyl/N-ethyl adjacent to an activating group) is 2. The summed E-state index contributed by atoms with van der Waals surface area (Å²) in [5, 5.41) is 2.42. The Hall–Kier alpha value is -2.65. The van der Waals surface area contributed by atoms with Gasteiger partial charge in [0, 0.05) is 53.8 Å². The maximum absolute atomic E-state index is 12.1. The van der Waals surface area contributed by atoms with E-state index in [1.807, 2.05) is 12.1 Å². The van der Waals surface area contributed by atoms with E-state index in [9.17, 15) is 8.42 Å². The number of sulfonamides is 1. The van der Waals surface area contributed by atoms with Crippen molar-refractivity contribution in [3.8, 4) is 0 Å². The fourth-order valence-corrected chi connectivity index (χ4v) is 5.31. The lowest BCUT2D eigenvalue weighted by molar-refractivity contribution is 0.414. The van der Waals surface area contributed by atoms with Gasteiger partial charge in [-0.3, -0.25) is 0 Å². The zero-order chi connectivity index (χ0) is 25.2. The van der Waals surface area contributed by atoms with Gasteiger partial charge in [0.05, 0.1) is 5.75 Å². The van der Waals surface area contributed by atoms with E-state index in [2.05, 4.69) is 88.9 Å². The summed E-state index contributed by atoms with van der Waals surface area (Å²) in [5.74, 6) is -0.0162. The van der Waals surface area contributed by atoms with Crippen molar-refractivity contribution < 1.29 is 8.42 Å². The van der Waals surface area contributed by atoms with Gasteiger partial charge in [0.2, 0.25) is 10.0 Å². The molecule has 2 aromatic heterocycles. The van der Waals surface area contributed by atoms with Crippen molar-refractivity contribution in [2.24, 2.45) is 0 Å². The Balaban J connectivity index is 1.68. The molecule has 0 bridgehead atoms. The van der Waals surface area contributed by atoms with Crippen LogP contribution in [0.25, 0.3) is 21.8 Å². The van der Waals surface area contributed by atoms with Gasteiger partial charge in [0.15, 0.2) is 0 Å². The summed E-state index contributed by atoms with van der Waals surface area (Å²) >= 11 is 0. The van der Waals surface area contributed by atoms with E-state index in [1.54, 1.807) is 0 Å². The Morgan fingerprint density at radius 3 is 2.23 bits per heavy atom. The Morgan fingerprint density at radius 1 is 0.886 bits per heavy atom. The Morgan fingerprint density at radius 2 is 1.54 bits per heavy atom. The van der Waals surface area contributed by atoms with Crippen LogP contribution in [-0.4, -0.2) is 76.1 Å². The van der Waals surface area contributed by atoms with Gasteiger partial charge in [-0.05, 0) is 94.6 Å². The average Bonchev–Trinajstić information content (AvgIpc) is 3.36. The van der Waals surface area contributed by atoms with Gasteiger partial charge in [-0.25, -0.2) is 13.1 Å². The quantitative estimate of drug-likeness (QED) is 0.334. The predicted molar refractivity (Wildman–Crippen MR) is 146 cm³/mol. The van der Waals surface area contributed by atoms with E-state index in [4.69, 9.17) is 0 Å². The maximum atomic E-state index is 12.1. The third kappa shape index (κ3) is 6.13. The predicted octanol–water partition coefficient (Wildman–Crippen LogP) is 3.43. The lowest BCUT2D eigenvalue weighted by atomic mass is 10.1. The number of hydrogen-bond donors (Lipinski definition) is 2. The van der Waals surface area contributed by atoms with Crippen molar-refractivity contribution in [1.82, 2.24) is 24.1 Å². The minimum absolute atomic E-state index is 0.0162. The SMILES string of the molecule is CNS(=O)(=O)Cc1ccc2c(c1)c(CCN(C)C)cn2Cc1ccc2[nH]cc(CCN(C)C)c2c1. The number of H-pyrrole nitrogens is 1. The van der Waals surface area contributed by atoms with Gasteiger partial charge in [-0.2, -0.15) is 0 Å². The molecule has 35 heavy (non-hydrogen) atoms. The summed E-state index contributed by atoms with van der Waals surface area (Å²) in [7, 11) is 6.49. The minimum Gasteiger partial charge on any atom is -0.361 e. The van der Waals surface area contributed by atoms with Crippen molar-refractivity contribution in [3.05, 3.63) is 71.0 Å². The molecule has 0 unspecified atom stereocenters. The maximum Gasteiger partial charge on any atom is 0.215 e. The number of aromatic nitrogens is 2. The molecule has 0 fully saturated rings. The van der Waals surface area contributed by atoms with Crippen molar-refractivity contribution in [1.29, 1.82) is 0 Å². The van der Waals surface area contributed by atoms with Crippen molar-refractivity contribution >= 4 is 31.8 Å². The molecule has 0 spiro atoms. The molecule has 0 amide bonds. The Kier molecular flexibility index (Phi) is 7.66. The molecule has 8 heteroatoms. The highest BCUT2D eigenvalue weighted by atomic mass is 32.2. The average molecular weight is 496 g/mol. The fourth-order valence-electron chi connectivity index (χ4n) is 4.55. The summed E-state index contributed by atoms with van der Waals surface area (Å²) in [5.41, 5.74) is 6.94. The highest BCUT2D eigenvalue weighted by Gasteiger charge is 2.14. The molecule has 2 N–H and O–H groups in total. The van der Waals surface area contributed by atoms with E-state index in [0.717, 1.165) is 48.9 Å². The first-order valence-corrected chi connectivity index (χ1v) is 13.7. The molecule has 0 atom stereocenters. The molecule has 0 aliphatic rings. The molecule has 0 radical (unpaired) electrons. The van der Waals surface area contributed by atoms with Crippen molar-refractivity contribution in [2.45, 2.75) is 25.1 Å². The van der Waals surface area contributed by atoms with Crippen LogP contribution in [0.5, 0.6) is 0 Å². The lowest BCUT2D eigenvalue weighted by Gasteiger charge is -2.10. The second-order valence-corrected chi connectivity index (χ2v) is 11.8. The fraction of sp³-hybridized carbons (Fsp3) is 0.407. The Bertz CT molecular complexity index is 1420. The number of rotatable bonds is 11. The van der Waals surface area contributed by atoms with Crippen LogP contribution in [0.2, 0.25) is 0 Å².